The lowest BCUT2D eigenvalue weighted by Crippen LogP contribution is -2.60. The Hall–Kier alpha value is -3.23. The van der Waals surface area contributed by atoms with Crippen LogP contribution in [0.15, 0.2) is 29.3 Å². The van der Waals surface area contributed by atoms with Crippen LogP contribution in [0.4, 0.5) is 4.79 Å². The maximum Gasteiger partial charge on any atom is 0.331 e. The smallest absolute Gasteiger partial charge is 0.331 e. The van der Waals surface area contributed by atoms with E-state index < -0.39 is 41.8 Å². The fourth-order valence-corrected chi connectivity index (χ4v) is 2.47. The molecule has 0 spiro atoms. The molecule has 138 valence electrons. The molecule has 2 atom stereocenters. The molecule has 1 saturated heterocycles. The third-order valence-electron chi connectivity index (χ3n) is 3.82. The van der Waals surface area contributed by atoms with E-state index in [4.69, 9.17) is 0 Å². The van der Waals surface area contributed by atoms with Crippen molar-refractivity contribution in [3.8, 4) is 5.75 Å². The van der Waals surface area contributed by atoms with Crippen molar-refractivity contribution in [3.63, 3.8) is 0 Å². The van der Waals surface area contributed by atoms with Crippen LogP contribution in [0.2, 0.25) is 0 Å². The minimum atomic E-state index is -1.36. The number of amides is 4. The first kappa shape index (κ1) is 19.1. The second-order valence-electron chi connectivity index (χ2n) is 6.10. The maximum atomic E-state index is 12.3. The molecule has 1 fully saturated rings. The lowest BCUT2D eigenvalue weighted by molar-refractivity contribution is -0.141. The van der Waals surface area contributed by atoms with E-state index in [0.29, 0.717) is 5.56 Å². The molecular formula is C17H19N3O6. The third kappa shape index (κ3) is 4.24. The molecular weight excluding hydrogens is 342 g/mol. The molecule has 3 N–H and O–H groups in total. The molecule has 0 unspecified atom stereocenters. The number of hydrogen-bond donors (Lipinski definition) is 3. The zero-order valence-electron chi connectivity index (χ0n) is 14.2. The highest BCUT2D eigenvalue weighted by molar-refractivity contribution is 6.23. The molecule has 4 amide bonds. The summed E-state index contributed by atoms with van der Waals surface area (Å²) in [5.41, 5.74) is 0.616. The molecule has 9 nitrogen and oxygen atoms in total. The summed E-state index contributed by atoms with van der Waals surface area (Å²) in [4.78, 5) is 52.2. The van der Waals surface area contributed by atoms with Crippen molar-refractivity contribution in [3.05, 3.63) is 29.8 Å². The number of carboxylic acid groups (broad SMARTS) is 1. The first-order chi connectivity index (χ1) is 12.2. The molecule has 1 aromatic rings. The number of carbonyl (C=O) groups excluding carboxylic acids is 3. The minimum Gasteiger partial charge on any atom is -0.508 e. The number of phenolic OH excluding ortho intramolecular Hbond substituents is 1. The summed E-state index contributed by atoms with van der Waals surface area (Å²) in [5.74, 6) is -4.13. The molecule has 1 aliphatic heterocycles. The molecule has 1 heterocycles. The predicted octanol–water partition coefficient (Wildman–Crippen LogP) is 0.562. The van der Waals surface area contributed by atoms with E-state index in [1.807, 2.05) is 0 Å². The number of rotatable bonds is 6. The number of carboxylic acids is 1. The van der Waals surface area contributed by atoms with Gasteiger partial charge in [-0.2, -0.15) is 0 Å². The lowest BCUT2D eigenvalue weighted by Gasteiger charge is -2.31. The molecule has 1 aromatic carbocycles. The zero-order chi connectivity index (χ0) is 19.4. The van der Waals surface area contributed by atoms with Crippen LogP contribution in [0.3, 0.4) is 0 Å². The highest BCUT2D eigenvalue weighted by Crippen LogP contribution is 2.15. The second kappa shape index (κ2) is 7.77. The van der Waals surface area contributed by atoms with Crippen LogP contribution in [0.5, 0.6) is 5.75 Å². The summed E-state index contributed by atoms with van der Waals surface area (Å²) in [6.45, 7) is 3.23. The number of aromatic hydroxyl groups is 1. The van der Waals surface area contributed by atoms with Crippen molar-refractivity contribution in [2.24, 2.45) is 10.9 Å². The Morgan fingerprint density at radius 1 is 1.27 bits per heavy atom. The predicted molar refractivity (Wildman–Crippen MR) is 90.7 cm³/mol. The van der Waals surface area contributed by atoms with Crippen LogP contribution in [0.1, 0.15) is 19.4 Å². The fraction of sp³-hybridized carbons (Fsp3) is 0.353. The summed E-state index contributed by atoms with van der Waals surface area (Å²) in [6.07, 6.45) is 0.986. The number of aliphatic imine (C=N–C) groups is 1. The number of nitrogens with one attached hydrogen (secondary N) is 1. The van der Waals surface area contributed by atoms with Gasteiger partial charge in [0.05, 0.1) is 0 Å². The van der Waals surface area contributed by atoms with E-state index in [2.05, 4.69) is 10.3 Å². The normalized spacial score (nSPS) is 19.1. The van der Waals surface area contributed by atoms with Gasteiger partial charge in [0.15, 0.2) is 12.0 Å². The Morgan fingerprint density at radius 3 is 2.42 bits per heavy atom. The topological polar surface area (TPSA) is 136 Å². The number of phenols is 1. The number of barbiturate groups is 1. The fourth-order valence-electron chi connectivity index (χ4n) is 2.47. The van der Waals surface area contributed by atoms with E-state index in [-0.39, 0.29) is 12.2 Å². The van der Waals surface area contributed by atoms with Crippen LogP contribution in [0, 0.1) is 5.92 Å². The number of hydrogen-bond acceptors (Lipinski definition) is 6. The molecule has 0 aromatic heterocycles. The Labute approximate surface area is 149 Å². The van der Waals surface area contributed by atoms with Gasteiger partial charge in [-0.25, -0.2) is 9.59 Å². The summed E-state index contributed by atoms with van der Waals surface area (Å²) in [5, 5.41) is 20.6. The van der Waals surface area contributed by atoms with E-state index in [9.17, 15) is 29.4 Å². The number of benzene rings is 1. The van der Waals surface area contributed by atoms with Gasteiger partial charge >= 0.3 is 12.0 Å². The molecule has 0 saturated carbocycles. The Balaban J connectivity index is 2.18. The van der Waals surface area contributed by atoms with Crippen molar-refractivity contribution in [1.29, 1.82) is 0 Å². The standard InChI is InChI=1S/C17H19N3O6/c1-9(2)20-15(23)12(14(22)19-17(20)26)8-18-13(16(24)25)7-10-3-5-11(21)6-4-10/h3-6,8-9,12-13,21H,7H2,1-2H3,(H,24,25)(H,19,22,26)/t12-,13+/m1/s1. The van der Waals surface area contributed by atoms with Gasteiger partial charge in [0, 0.05) is 18.7 Å². The van der Waals surface area contributed by atoms with E-state index in [1.54, 1.807) is 26.0 Å². The number of aliphatic carboxylic acids is 1. The monoisotopic (exact) mass is 361 g/mol. The van der Waals surface area contributed by atoms with Gasteiger partial charge in [0.1, 0.15) is 5.75 Å². The molecule has 0 aliphatic carbocycles. The number of carbonyl (C=O) groups is 4. The molecule has 0 radical (unpaired) electrons. The maximum absolute atomic E-state index is 12.3. The summed E-state index contributed by atoms with van der Waals surface area (Å²) in [6, 6.07) is 3.46. The average molecular weight is 361 g/mol. The van der Waals surface area contributed by atoms with Gasteiger partial charge in [-0.05, 0) is 31.5 Å². The first-order valence-electron chi connectivity index (χ1n) is 7.92. The summed E-state index contributed by atoms with van der Waals surface area (Å²) in [7, 11) is 0. The second-order valence-corrected chi connectivity index (χ2v) is 6.10. The Kier molecular flexibility index (Phi) is 5.71. The Bertz CT molecular complexity index is 756. The highest BCUT2D eigenvalue weighted by Gasteiger charge is 2.40. The van der Waals surface area contributed by atoms with Crippen molar-refractivity contribution >= 4 is 30.0 Å². The van der Waals surface area contributed by atoms with Crippen LogP contribution < -0.4 is 5.32 Å². The Morgan fingerprint density at radius 2 is 1.88 bits per heavy atom. The highest BCUT2D eigenvalue weighted by atomic mass is 16.4. The van der Waals surface area contributed by atoms with Crippen LogP contribution in [0.25, 0.3) is 0 Å². The molecule has 1 aliphatic rings. The molecule has 9 heteroatoms. The van der Waals surface area contributed by atoms with Gasteiger partial charge in [-0.15, -0.1) is 0 Å². The van der Waals surface area contributed by atoms with Gasteiger partial charge in [0.2, 0.25) is 11.8 Å². The number of nitrogens with zero attached hydrogens (tertiary/aromatic N) is 2. The zero-order valence-corrected chi connectivity index (χ0v) is 14.2. The van der Waals surface area contributed by atoms with Crippen molar-refractivity contribution in [1.82, 2.24) is 10.2 Å². The minimum absolute atomic E-state index is 0.0153. The number of urea groups is 1. The van der Waals surface area contributed by atoms with Crippen LogP contribution in [-0.4, -0.2) is 57.2 Å². The molecule has 26 heavy (non-hydrogen) atoms. The first-order valence-corrected chi connectivity index (χ1v) is 7.92. The van der Waals surface area contributed by atoms with Crippen molar-refractivity contribution < 1.29 is 29.4 Å². The summed E-state index contributed by atoms with van der Waals surface area (Å²) < 4.78 is 0. The van der Waals surface area contributed by atoms with Gasteiger partial charge in [0.25, 0.3) is 0 Å². The van der Waals surface area contributed by atoms with Crippen LogP contribution >= 0.6 is 0 Å². The third-order valence-corrected chi connectivity index (χ3v) is 3.82. The number of imide groups is 2. The SMILES string of the molecule is CC(C)N1C(=O)NC(=O)[C@@H](C=N[C@@H](Cc2ccc(O)cc2)C(=O)O)C1=O. The van der Waals surface area contributed by atoms with E-state index in [1.165, 1.54) is 12.1 Å². The summed E-state index contributed by atoms with van der Waals surface area (Å²) >= 11 is 0. The van der Waals surface area contributed by atoms with Crippen LogP contribution in [-0.2, 0) is 20.8 Å². The van der Waals surface area contributed by atoms with Gasteiger partial charge in [-0.3, -0.25) is 24.8 Å². The van der Waals surface area contributed by atoms with Gasteiger partial charge in [-0.1, -0.05) is 12.1 Å². The largest absolute Gasteiger partial charge is 0.508 e. The molecule has 2 rings (SSSR count). The lowest BCUT2D eigenvalue weighted by atomic mass is 10.0. The van der Waals surface area contributed by atoms with Crippen molar-refractivity contribution in [2.75, 3.05) is 0 Å². The van der Waals surface area contributed by atoms with E-state index >= 15 is 0 Å². The van der Waals surface area contributed by atoms with Crippen molar-refractivity contribution in [2.45, 2.75) is 32.4 Å². The molecule has 0 bridgehead atoms. The average Bonchev–Trinajstić information content (AvgIpc) is 2.54. The van der Waals surface area contributed by atoms with Gasteiger partial charge < -0.3 is 10.2 Å². The van der Waals surface area contributed by atoms with E-state index in [0.717, 1.165) is 11.1 Å². The quantitative estimate of drug-likeness (QED) is 0.500.